The van der Waals surface area contributed by atoms with Gasteiger partial charge in [0.25, 0.3) is 0 Å². The van der Waals surface area contributed by atoms with E-state index in [1.54, 1.807) is 0 Å². The van der Waals surface area contributed by atoms with Gasteiger partial charge in [-0.2, -0.15) is 0 Å². The van der Waals surface area contributed by atoms with Crippen LogP contribution >= 0.6 is 0 Å². The summed E-state index contributed by atoms with van der Waals surface area (Å²) in [4.78, 5) is 0. The quantitative estimate of drug-likeness (QED) is 0.158. The Kier molecular flexibility index (Phi) is 8.23. The molecule has 0 fully saturated rings. The standard InChI is InChI=1S/C65H42N2/c1-4-17-43(18-5-1)46-21-16-26-51(39-46)67-61-37-33-48(47-32-36-60-55(41-47)53-27-13-15-30-59(53)66(60)52-34-31-44-19-10-11-20-45(44)40-52)42-56(61)64-62(67)38-35-58-63(64)54-28-12-14-29-57(54)65(58,49-22-6-2-7-23-49)50-24-8-3-9-25-50/h1-42H. The molecular formula is C65H42N2. The number of fused-ring (bicyclic) bond motifs is 11. The smallest absolute Gasteiger partial charge is 0.0713 e. The number of nitrogens with zero attached hydrogens (tertiary/aromatic N) is 2. The van der Waals surface area contributed by atoms with E-state index in [2.05, 4.69) is 264 Å². The molecule has 0 N–H and O–H groups in total. The number of rotatable bonds is 6. The molecule has 0 unspecified atom stereocenters. The van der Waals surface area contributed by atoms with Crippen LogP contribution in [-0.2, 0) is 5.41 Å². The molecule has 0 saturated heterocycles. The van der Waals surface area contributed by atoms with Crippen LogP contribution in [0.25, 0.3) is 99.1 Å². The normalized spacial score (nSPS) is 12.9. The molecule has 2 heteroatoms. The second-order valence-electron chi connectivity index (χ2n) is 18.0. The maximum atomic E-state index is 2.50. The van der Waals surface area contributed by atoms with Crippen LogP contribution in [0.15, 0.2) is 255 Å². The SMILES string of the molecule is c1ccc(-c2cccc(-n3c4ccc(-c5ccc6c(c5)c5ccccc5n6-c5ccc6ccccc6c5)cc4c4c5c(ccc43)C(c3ccccc3)(c3ccccc3)c3ccccc3-5)c2)cc1. The van der Waals surface area contributed by atoms with Crippen molar-refractivity contribution in [3.63, 3.8) is 0 Å². The molecule has 312 valence electrons. The third-order valence-electron chi connectivity index (χ3n) is 14.6. The van der Waals surface area contributed by atoms with E-state index in [4.69, 9.17) is 0 Å². The average Bonchev–Trinajstić information content (AvgIpc) is 4.03. The van der Waals surface area contributed by atoms with Crippen LogP contribution in [0.4, 0.5) is 0 Å². The predicted molar refractivity (Wildman–Crippen MR) is 281 cm³/mol. The van der Waals surface area contributed by atoms with E-state index in [-0.39, 0.29) is 0 Å². The van der Waals surface area contributed by atoms with Gasteiger partial charge >= 0.3 is 0 Å². The van der Waals surface area contributed by atoms with E-state index in [1.807, 2.05) is 0 Å². The Morgan fingerprint density at radius 1 is 0.284 bits per heavy atom. The molecule has 67 heavy (non-hydrogen) atoms. The Morgan fingerprint density at radius 3 is 1.61 bits per heavy atom. The molecule has 0 saturated carbocycles. The fraction of sp³-hybridized carbons (Fsp3) is 0.0154. The molecule has 1 aliphatic rings. The Balaban J connectivity index is 1.05. The number of hydrogen-bond acceptors (Lipinski definition) is 0. The first-order valence-corrected chi connectivity index (χ1v) is 23.3. The van der Waals surface area contributed by atoms with Crippen molar-refractivity contribution < 1.29 is 0 Å². The van der Waals surface area contributed by atoms with Gasteiger partial charge in [0.15, 0.2) is 0 Å². The fourth-order valence-corrected chi connectivity index (χ4v) is 11.7. The molecule has 0 aliphatic heterocycles. The highest BCUT2D eigenvalue weighted by Gasteiger charge is 2.47. The Bertz CT molecular complexity index is 4040. The van der Waals surface area contributed by atoms with Crippen molar-refractivity contribution in [1.82, 2.24) is 9.13 Å². The lowest BCUT2D eigenvalue weighted by molar-refractivity contribution is 0.769. The van der Waals surface area contributed by atoms with E-state index >= 15 is 0 Å². The summed E-state index contributed by atoms with van der Waals surface area (Å²) in [6.45, 7) is 0. The number of para-hydroxylation sites is 1. The van der Waals surface area contributed by atoms with E-state index < -0.39 is 5.41 Å². The van der Waals surface area contributed by atoms with Crippen LogP contribution < -0.4 is 0 Å². The molecule has 0 radical (unpaired) electrons. The molecule has 2 aromatic heterocycles. The maximum Gasteiger partial charge on any atom is 0.0713 e. The first-order chi connectivity index (χ1) is 33.2. The Hall–Kier alpha value is -8.72. The maximum absolute atomic E-state index is 2.50. The van der Waals surface area contributed by atoms with Crippen molar-refractivity contribution in [2.24, 2.45) is 0 Å². The zero-order chi connectivity index (χ0) is 44.1. The van der Waals surface area contributed by atoms with Gasteiger partial charge in [0.2, 0.25) is 0 Å². The highest BCUT2D eigenvalue weighted by molar-refractivity contribution is 6.19. The van der Waals surface area contributed by atoms with Crippen molar-refractivity contribution in [3.05, 3.63) is 277 Å². The molecule has 2 heterocycles. The fourth-order valence-electron chi connectivity index (χ4n) is 11.7. The van der Waals surface area contributed by atoms with Crippen LogP contribution in [0, 0.1) is 0 Å². The summed E-state index contributed by atoms with van der Waals surface area (Å²) in [6.07, 6.45) is 0. The highest BCUT2D eigenvalue weighted by Crippen LogP contribution is 2.59. The molecular weight excluding hydrogens is 809 g/mol. The van der Waals surface area contributed by atoms with Crippen LogP contribution in [-0.4, -0.2) is 9.13 Å². The second kappa shape index (κ2) is 14.7. The summed E-state index contributed by atoms with van der Waals surface area (Å²) >= 11 is 0. The van der Waals surface area contributed by atoms with Crippen LogP contribution in [0.5, 0.6) is 0 Å². The van der Waals surface area contributed by atoms with Gasteiger partial charge in [-0.1, -0.05) is 194 Å². The number of aromatic nitrogens is 2. The highest BCUT2D eigenvalue weighted by atomic mass is 15.0. The second-order valence-corrected chi connectivity index (χ2v) is 18.0. The van der Waals surface area contributed by atoms with Crippen LogP contribution in [0.1, 0.15) is 22.3 Å². The number of benzene rings is 11. The Morgan fingerprint density at radius 2 is 0.836 bits per heavy atom. The molecule has 0 amide bonds. The average molecular weight is 851 g/mol. The summed E-state index contributed by atoms with van der Waals surface area (Å²) in [7, 11) is 0. The van der Waals surface area contributed by atoms with E-state index in [0.29, 0.717) is 0 Å². The van der Waals surface area contributed by atoms with Crippen molar-refractivity contribution >= 4 is 54.4 Å². The molecule has 1 aliphatic carbocycles. The van der Waals surface area contributed by atoms with Gasteiger partial charge in [-0.25, -0.2) is 0 Å². The molecule has 0 spiro atoms. The van der Waals surface area contributed by atoms with Crippen molar-refractivity contribution in [1.29, 1.82) is 0 Å². The van der Waals surface area contributed by atoms with E-state index in [0.717, 1.165) is 5.69 Å². The lowest BCUT2D eigenvalue weighted by Crippen LogP contribution is -2.28. The summed E-state index contributed by atoms with van der Waals surface area (Å²) in [5.74, 6) is 0. The molecule has 14 rings (SSSR count). The lowest BCUT2D eigenvalue weighted by Gasteiger charge is -2.33. The van der Waals surface area contributed by atoms with Crippen molar-refractivity contribution in [2.75, 3.05) is 0 Å². The van der Waals surface area contributed by atoms with E-state index in [9.17, 15) is 0 Å². The largest absolute Gasteiger partial charge is 0.309 e. The summed E-state index contributed by atoms with van der Waals surface area (Å²) < 4.78 is 4.92. The summed E-state index contributed by atoms with van der Waals surface area (Å²) in [5, 5.41) is 7.48. The minimum absolute atomic E-state index is 0.508. The third-order valence-corrected chi connectivity index (χ3v) is 14.6. The molecule has 2 nitrogen and oxygen atoms in total. The zero-order valence-corrected chi connectivity index (χ0v) is 36.6. The first-order valence-electron chi connectivity index (χ1n) is 23.3. The topological polar surface area (TPSA) is 9.86 Å². The van der Waals surface area contributed by atoms with Gasteiger partial charge < -0.3 is 9.13 Å². The van der Waals surface area contributed by atoms with Gasteiger partial charge in [-0.15, -0.1) is 0 Å². The molecule has 13 aromatic rings. The monoisotopic (exact) mass is 850 g/mol. The summed E-state index contributed by atoms with van der Waals surface area (Å²) in [5.41, 5.74) is 19.1. The van der Waals surface area contributed by atoms with Gasteiger partial charge in [0.1, 0.15) is 0 Å². The third kappa shape index (κ3) is 5.51. The van der Waals surface area contributed by atoms with Gasteiger partial charge in [-0.3, -0.25) is 0 Å². The number of hydrogen-bond donors (Lipinski definition) is 0. The molecule has 0 bridgehead atoms. The van der Waals surface area contributed by atoms with Crippen molar-refractivity contribution in [2.45, 2.75) is 5.41 Å². The minimum atomic E-state index is -0.508. The first kappa shape index (κ1) is 37.6. The van der Waals surface area contributed by atoms with Gasteiger partial charge in [-0.05, 0) is 127 Å². The predicted octanol–water partition coefficient (Wildman–Crippen LogP) is 16.7. The summed E-state index contributed by atoms with van der Waals surface area (Å²) in [6, 6.07) is 94.4. The van der Waals surface area contributed by atoms with Crippen molar-refractivity contribution in [3.8, 4) is 44.8 Å². The zero-order valence-electron chi connectivity index (χ0n) is 36.6. The van der Waals surface area contributed by atoms with Crippen LogP contribution in [0.3, 0.4) is 0 Å². The lowest BCUT2D eigenvalue weighted by atomic mass is 9.67. The minimum Gasteiger partial charge on any atom is -0.309 e. The Labute approximate surface area is 388 Å². The van der Waals surface area contributed by atoms with Crippen LogP contribution in [0.2, 0.25) is 0 Å². The van der Waals surface area contributed by atoms with Gasteiger partial charge in [0, 0.05) is 32.9 Å². The molecule has 11 aromatic carbocycles. The van der Waals surface area contributed by atoms with E-state index in [1.165, 1.54) is 116 Å². The van der Waals surface area contributed by atoms with Gasteiger partial charge in [0.05, 0.1) is 27.5 Å². The molecule has 0 atom stereocenters.